The van der Waals surface area contributed by atoms with Gasteiger partial charge in [-0.1, -0.05) is 35.9 Å². The standard InChI is InChI=1S/C28H30ClN3O2/c1-21(22-8-10-23(29)11-9-22)26(33)32-19-14-28(20-32)12-17-31(18-13-28)27(34)24-6-2-3-7-25(24)30-15-4-5-16-30/h2-11,15-16,21H,12-14,17-20H2,1H3. The Labute approximate surface area is 205 Å². The van der Waals surface area contributed by atoms with Gasteiger partial charge in [-0.15, -0.1) is 0 Å². The lowest BCUT2D eigenvalue weighted by Gasteiger charge is -2.39. The van der Waals surface area contributed by atoms with Crippen LogP contribution in [0.5, 0.6) is 0 Å². The van der Waals surface area contributed by atoms with Crippen LogP contribution >= 0.6 is 11.6 Å². The lowest BCUT2D eigenvalue weighted by Crippen LogP contribution is -2.45. The molecule has 2 saturated heterocycles. The maximum atomic E-state index is 13.4. The quantitative estimate of drug-likeness (QED) is 0.508. The van der Waals surface area contributed by atoms with E-state index in [0.29, 0.717) is 5.02 Å². The van der Waals surface area contributed by atoms with E-state index in [9.17, 15) is 9.59 Å². The molecule has 2 amide bonds. The molecule has 2 aliphatic heterocycles. The van der Waals surface area contributed by atoms with Crippen LogP contribution in [0.15, 0.2) is 73.1 Å². The summed E-state index contributed by atoms with van der Waals surface area (Å²) in [7, 11) is 0. The van der Waals surface area contributed by atoms with Gasteiger partial charge in [-0.05, 0) is 73.6 Å². The maximum absolute atomic E-state index is 13.4. The van der Waals surface area contributed by atoms with Gasteiger partial charge in [0.1, 0.15) is 0 Å². The monoisotopic (exact) mass is 475 g/mol. The van der Waals surface area contributed by atoms with Crippen molar-refractivity contribution in [2.24, 2.45) is 5.41 Å². The molecule has 0 bridgehead atoms. The van der Waals surface area contributed by atoms with Crippen LogP contribution in [0.25, 0.3) is 5.69 Å². The number of hydrogen-bond donors (Lipinski definition) is 0. The predicted molar refractivity (Wildman–Crippen MR) is 134 cm³/mol. The molecule has 2 fully saturated rings. The van der Waals surface area contributed by atoms with Crippen molar-refractivity contribution >= 4 is 23.4 Å². The van der Waals surface area contributed by atoms with E-state index in [0.717, 1.165) is 62.3 Å². The minimum absolute atomic E-state index is 0.0847. The summed E-state index contributed by atoms with van der Waals surface area (Å²) in [4.78, 5) is 30.6. The number of carbonyl (C=O) groups excluding carboxylic acids is 2. The van der Waals surface area contributed by atoms with Gasteiger partial charge in [-0.3, -0.25) is 9.59 Å². The number of carbonyl (C=O) groups is 2. The lowest BCUT2D eigenvalue weighted by atomic mass is 9.77. The highest BCUT2D eigenvalue weighted by Gasteiger charge is 2.43. The third-order valence-corrected chi connectivity index (χ3v) is 7.87. The molecule has 2 aromatic carbocycles. The molecular formula is C28H30ClN3O2. The number of aromatic nitrogens is 1. The first-order valence-electron chi connectivity index (χ1n) is 12.0. The predicted octanol–water partition coefficient (Wildman–Crippen LogP) is 5.39. The smallest absolute Gasteiger partial charge is 0.255 e. The zero-order chi connectivity index (χ0) is 23.7. The molecular weight excluding hydrogens is 446 g/mol. The summed E-state index contributed by atoms with van der Waals surface area (Å²) in [5.41, 5.74) is 2.75. The van der Waals surface area contributed by atoms with Crippen molar-refractivity contribution in [1.29, 1.82) is 0 Å². The third kappa shape index (κ3) is 4.37. The second kappa shape index (κ2) is 9.30. The van der Waals surface area contributed by atoms with Crippen molar-refractivity contribution in [2.75, 3.05) is 26.2 Å². The zero-order valence-corrected chi connectivity index (χ0v) is 20.2. The second-order valence-corrected chi connectivity index (χ2v) is 10.1. The molecule has 1 unspecified atom stereocenters. The minimum atomic E-state index is -0.181. The number of amides is 2. The highest BCUT2D eigenvalue weighted by Crippen LogP contribution is 2.41. The van der Waals surface area contributed by atoms with Gasteiger partial charge in [0.2, 0.25) is 5.91 Å². The van der Waals surface area contributed by atoms with Crippen molar-refractivity contribution in [3.05, 3.63) is 89.2 Å². The molecule has 0 aliphatic carbocycles. The molecule has 5 rings (SSSR count). The van der Waals surface area contributed by atoms with E-state index in [1.165, 1.54) is 0 Å². The Balaban J connectivity index is 1.22. The van der Waals surface area contributed by atoms with E-state index >= 15 is 0 Å². The van der Waals surface area contributed by atoms with Crippen molar-refractivity contribution in [2.45, 2.75) is 32.1 Å². The van der Waals surface area contributed by atoms with Crippen LogP contribution in [0, 0.1) is 5.41 Å². The number of rotatable bonds is 4. The van der Waals surface area contributed by atoms with Crippen molar-refractivity contribution in [1.82, 2.24) is 14.4 Å². The lowest BCUT2D eigenvalue weighted by molar-refractivity contribution is -0.132. The first kappa shape index (κ1) is 22.7. The maximum Gasteiger partial charge on any atom is 0.255 e. The van der Waals surface area contributed by atoms with Crippen LogP contribution in [0.1, 0.15) is 48.0 Å². The summed E-state index contributed by atoms with van der Waals surface area (Å²) in [6, 6.07) is 19.3. The molecule has 2 aliphatic rings. The summed E-state index contributed by atoms with van der Waals surface area (Å²) in [5.74, 6) is 0.0825. The van der Waals surface area contributed by atoms with E-state index in [4.69, 9.17) is 11.6 Å². The number of likely N-dealkylation sites (tertiary alicyclic amines) is 2. The molecule has 5 nitrogen and oxygen atoms in total. The third-order valence-electron chi connectivity index (χ3n) is 7.62. The van der Waals surface area contributed by atoms with E-state index in [2.05, 4.69) is 0 Å². The van der Waals surface area contributed by atoms with E-state index in [-0.39, 0.29) is 23.1 Å². The van der Waals surface area contributed by atoms with Crippen LogP contribution in [0.2, 0.25) is 5.02 Å². The van der Waals surface area contributed by atoms with Gasteiger partial charge in [-0.2, -0.15) is 0 Å². The van der Waals surface area contributed by atoms with E-state index in [1.54, 1.807) is 0 Å². The van der Waals surface area contributed by atoms with Gasteiger partial charge >= 0.3 is 0 Å². The SMILES string of the molecule is CC(C(=O)N1CCC2(CCN(C(=O)c3ccccc3-n3cccc3)CC2)C1)c1ccc(Cl)cc1. The van der Waals surface area contributed by atoms with E-state index in [1.807, 2.05) is 94.3 Å². The highest BCUT2D eigenvalue weighted by molar-refractivity contribution is 6.30. The first-order valence-corrected chi connectivity index (χ1v) is 12.4. The fourth-order valence-corrected chi connectivity index (χ4v) is 5.55. The molecule has 6 heteroatoms. The number of nitrogens with zero attached hydrogens (tertiary/aromatic N) is 3. The molecule has 34 heavy (non-hydrogen) atoms. The summed E-state index contributed by atoms with van der Waals surface area (Å²) in [6.07, 6.45) is 6.81. The van der Waals surface area contributed by atoms with Gasteiger partial charge in [0, 0.05) is 43.6 Å². The average molecular weight is 476 g/mol. The second-order valence-electron chi connectivity index (χ2n) is 9.68. The van der Waals surface area contributed by atoms with Gasteiger partial charge in [0.15, 0.2) is 0 Å². The van der Waals surface area contributed by atoms with Crippen LogP contribution in [0.4, 0.5) is 0 Å². The van der Waals surface area contributed by atoms with Gasteiger partial charge < -0.3 is 14.4 Å². The molecule has 1 spiro atoms. The van der Waals surface area contributed by atoms with Crippen LogP contribution in [-0.2, 0) is 4.79 Å². The first-order chi connectivity index (χ1) is 16.5. The number of para-hydroxylation sites is 1. The number of benzene rings is 2. The molecule has 3 heterocycles. The molecule has 0 saturated carbocycles. The Hall–Kier alpha value is -3.05. The van der Waals surface area contributed by atoms with Crippen molar-refractivity contribution in [3.63, 3.8) is 0 Å². The fourth-order valence-electron chi connectivity index (χ4n) is 5.43. The van der Waals surface area contributed by atoms with Crippen LogP contribution < -0.4 is 0 Å². The van der Waals surface area contributed by atoms with Gasteiger partial charge in [0.05, 0.1) is 17.2 Å². The molecule has 176 valence electrons. The Kier molecular flexibility index (Phi) is 6.22. The Bertz CT molecular complexity index is 1160. The van der Waals surface area contributed by atoms with Crippen LogP contribution in [0.3, 0.4) is 0 Å². The summed E-state index contributed by atoms with van der Waals surface area (Å²) < 4.78 is 1.99. The Morgan fingerprint density at radius 1 is 0.853 bits per heavy atom. The Morgan fingerprint density at radius 3 is 2.15 bits per heavy atom. The molecule has 1 aromatic heterocycles. The number of piperidine rings is 1. The average Bonchev–Trinajstić information content (AvgIpc) is 3.55. The molecule has 1 atom stereocenters. The minimum Gasteiger partial charge on any atom is -0.342 e. The van der Waals surface area contributed by atoms with Gasteiger partial charge in [0.25, 0.3) is 5.91 Å². The normalized spacial score (nSPS) is 18.3. The molecule has 3 aromatic rings. The summed E-state index contributed by atoms with van der Waals surface area (Å²) in [5, 5.41) is 0.681. The van der Waals surface area contributed by atoms with Crippen molar-refractivity contribution < 1.29 is 9.59 Å². The summed E-state index contributed by atoms with van der Waals surface area (Å²) >= 11 is 6.00. The molecule has 0 N–H and O–H groups in total. The topological polar surface area (TPSA) is 45.6 Å². The molecule has 0 radical (unpaired) electrons. The van der Waals surface area contributed by atoms with E-state index < -0.39 is 0 Å². The summed E-state index contributed by atoms with van der Waals surface area (Å²) in [6.45, 7) is 5.01. The zero-order valence-electron chi connectivity index (χ0n) is 19.5. The van der Waals surface area contributed by atoms with Crippen LogP contribution in [-0.4, -0.2) is 52.4 Å². The van der Waals surface area contributed by atoms with Crippen molar-refractivity contribution in [3.8, 4) is 5.69 Å². The number of halogens is 1. The highest BCUT2D eigenvalue weighted by atomic mass is 35.5. The fraction of sp³-hybridized carbons (Fsp3) is 0.357. The largest absolute Gasteiger partial charge is 0.342 e. The van der Waals surface area contributed by atoms with Gasteiger partial charge in [-0.25, -0.2) is 0 Å². The number of hydrogen-bond acceptors (Lipinski definition) is 2. The Morgan fingerprint density at radius 2 is 1.47 bits per heavy atom.